The second-order valence-electron chi connectivity index (χ2n) is 3.09. The molecule has 0 aliphatic carbocycles. The van der Waals surface area contributed by atoms with Gasteiger partial charge in [0.2, 0.25) is 0 Å². The number of fused-ring (bicyclic) bond motifs is 1. The lowest BCUT2D eigenvalue weighted by molar-refractivity contribution is 0.0698. The lowest BCUT2D eigenvalue weighted by Crippen LogP contribution is -1.99. The molecule has 0 amide bonds. The summed E-state index contributed by atoms with van der Waals surface area (Å²) in [4.78, 5) is 14.7. The van der Waals surface area contributed by atoms with Gasteiger partial charge in [-0.1, -0.05) is 11.6 Å². The Morgan fingerprint density at radius 1 is 1.33 bits per heavy atom. The van der Waals surface area contributed by atoms with Crippen LogP contribution in [-0.2, 0) is 0 Å². The van der Waals surface area contributed by atoms with Crippen molar-refractivity contribution in [3.63, 3.8) is 0 Å². The summed E-state index contributed by atoms with van der Waals surface area (Å²) in [7, 11) is 0. The molecule has 1 aromatic heterocycles. The molecule has 3 N–H and O–H groups in total. The number of benzene rings is 1. The fourth-order valence-electron chi connectivity index (χ4n) is 1.42. The third-order valence-electron chi connectivity index (χ3n) is 2.08. The zero-order chi connectivity index (χ0) is 11.0. The first-order valence-corrected chi connectivity index (χ1v) is 4.53. The maximum atomic E-state index is 10.9. The number of nitrogens with two attached hydrogens (primary N) is 1. The monoisotopic (exact) mass is 222 g/mol. The Morgan fingerprint density at radius 2 is 2.07 bits per heavy atom. The van der Waals surface area contributed by atoms with E-state index < -0.39 is 5.97 Å². The number of anilines is 1. The molecule has 0 fully saturated rings. The molecule has 0 saturated heterocycles. The van der Waals surface area contributed by atoms with Gasteiger partial charge >= 0.3 is 5.97 Å². The zero-order valence-electron chi connectivity index (χ0n) is 7.57. The van der Waals surface area contributed by atoms with Crippen LogP contribution in [0.25, 0.3) is 10.8 Å². The molecule has 0 bridgehead atoms. The average Bonchev–Trinajstić information content (AvgIpc) is 2.16. The van der Waals surface area contributed by atoms with E-state index in [9.17, 15) is 4.79 Å². The van der Waals surface area contributed by atoms with Crippen LogP contribution >= 0.6 is 11.6 Å². The van der Waals surface area contributed by atoms with Gasteiger partial charge in [-0.15, -0.1) is 0 Å². The first-order valence-electron chi connectivity index (χ1n) is 4.15. The molecular weight excluding hydrogens is 216 g/mol. The molecule has 5 heteroatoms. The molecule has 0 spiro atoms. The number of carboxylic acids is 1. The summed E-state index contributed by atoms with van der Waals surface area (Å²) in [6.45, 7) is 0. The summed E-state index contributed by atoms with van der Waals surface area (Å²) >= 11 is 5.93. The van der Waals surface area contributed by atoms with Gasteiger partial charge in [0.15, 0.2) is 0 Å². The summed E-state index contributed by atoms with van der Waals surface area (Å²) in [5, 5.41) is 10.4. The van der Waals surface area contributed by atoms with Crippen molar-refractivity contribution in [3.05, 3.63) is 35.1 Å². The second-order valence-corrected chi connectivity index (χ2v) is 3.50. The first-order chi connectivity index (χ1) is 7.09. The third-order valence-corrected chi connectivity index (χ3v) is 2.39. The zero-order valence-corrected chi connectivity index (χ0v) is 8.32. The van der Waals surface area contributed by atoms with Crippen LogP contribution in [0.1, 0.15) is 10.4 Å². The molecule has 2 aromatic rings. The van der Waals surface area contributed by atoms with Gasteiger partial charge in [0, 0.05) is 28.9 Å². The van der Waals surface area contributed by atoms with Crippen LogP contribution in [0.2, 0.25) is 5.02 Å². The molecule has 0 radical (unpaired) electrons. The molecule has 0 unspecified atom stereocenters. The molecule has 0 saturated carbocycles. The second kappa shape index (κ2) is 3.40. The van der Waals surface area contributed by atoms with Gasteiger partial charge in [0.1, 0.15) is 0 Å². The molecule has 1 aromatic carbocycles. The fraction of sp³-hybridized carbons (Fsp3) is 0. The molecule has 0 aliphatic heterocycles. The van der Waals surface area contributed by atoms with E-state index in [0.29, 0.717) is 21.5 Å². The highest BCUT2D eigenvalue weighted by molar-refractivity contribution is 6.36. The van der Waals surface area contributed by atoms with Crippen LogP contribution in [0.5, 0.6) is 0 Å². The number of aromatic nitrogens is 1. The van der Waals surface area contributed by atoms with Gasteiger partial charge < -0.3 is 10.8 Å². The van der Waals surface area contributed by atoms with Crippen molar-refractivity contribution in [2.24, 2.45) is 0 Å². The molecule has 2 rings (SSSR count). The van der Waals surface area contributed by atoms with E-state index in [4.69, 9.17) is 22.4 Å². The number of carbonyl (C=O) groups is 1. The number of aromatic carboxylic acids is 1. The Kier molecular flexibility index (Phi) is 2.21. The number of hydrogen-bond acceptors (Lipinski definition) is 3. The lowest BCUT2D eigenvalue weighted by atomic mass is 10.1. The Morgan fingerprint density at radius 3 is 2.73 bits per heavy atom. The van der Waals surface area contributed by atoms with Crippen molar-refractivity contribution in [3.8, 4) is 0 Å². The van der Waals surface area contributed by atoms with Gasteiger partial charge in [-0.25, -0.2) is 4.79 Å². The van der Waals surface area contributed by atoms with Crippen molar-refractivity contribution in [2.75, 3.05) is 5.73 Å². The minimum Gasteiger partial charge on any atom is -0.478 e. The van der Waals surface area contributed by atoms with Crippen LogP contribution in [-0.4, -0.2) is 16.1 Å². The molecule has 15 heavy (non-hydrogen) atoms. The van der Waals surface area contributed by atoms with Gasteiger partial charge in [-0.2, -0.15) is 0 Å². The van der Waals surface area contributed by atoms with E-state index in [-0.39, 0.29) is 5.56 Å². The first kappa shape index (κ1) is 9.73. The van der Waals surface area contributed by atoms with Crippen molar-refractivity contribution in [1.29, 1.82) is 0 Å². The quantitative estimate of drug-likeness (QED) is 0.725. The minimum absolute atomic E-state index is 0.0988. The molecular formula is C10H7ClN2O2. The molecule has 0 atom stereocenters. The van der Waals surface area contributed by atoms with E-state index in [2.05, 4.69) is 4.98 Å². The molecule has 4 nitrogen and oxygen atoms in total. The maximum absolute atomic E-state index is 10.9. The third kappa shape index (κ3) is 1.59. The molecule has 1 heterocycles. The predicted molar refractivity (Wildman–Crippen MR) is 58.1 cm³/mol. The summed E-state index contributed by atoms with van der Waals surface area (Å²) in [5.41, 5.74) is 6.13. The minimum atomic E-state index is -1.05. The maximum Gasteiger partial charge on any atom is 0.337 e. The normalized spacial score (nSPS) is 10.5. The van der Waals surface area contributed by atoms with Gasteiger partial charge in [-0.05, 0) is 12.1 Å². The highest BCUT2D eigenvalue weighted by Crippen LogP contribution is 2.28. The molecule has 0 aliphatic rings. The van der Waals surface area contributed by atoms with Crippen LogP contribution in [0.15, 0.2) is 24.5 Å². The highest BCUT2D eigenvalue weighted by atomic mass is 35.5. The number of carboxylic acid groups (broad SMARTS) is 1. The van der Waals surface area contributed by atoms with E-state index in [1.165, 1.54) is 12.4 Å². The highest BCUT2D eigenvalue weighted by Gasteiger charge is 2.11. The standard InChI is InChI=1S/C10H7ClN2O2/c11-9-2-5(12)1-6-7(9)3-13-4-8(6)10(14)15/h1-4H,12H2,(H,14,15). The number of halogens is 1. The number of nitrogen functional groups attached to an aromatic ring is 1. The smallest absolute Gasteiger partial charge is 0.337 e. The number of rotatable bonds is 1. The van der Waals surface area contributed by atoms with Crippen LogP contribution in [0.3, 0.4) is 0 Å². The van der Waals surface area contributed by atoms with Gasteiger partial charge in [0.25, 0.3) is 0 Å². The Bertz CT molecular complexity index is 554. The van der Waals surface area contributed by atoms with E-state index in [1.54, 1.807) is 12.1 Å². The van der Waals surface area contributed by atoms with Crippen LogP contribution < -0.4 is 5.73 Å². The average molecular weight is 223 g/mol. The SMILES string of the molecule is Nc1cc(Cl)c2cncc(C(=O)O)c2c1. The predicted octanol–water partition coefficient (Wildman–Crippen LogP) is 2.17. The van der Waals surface area contributed by atoms with E-state index in [0.717, 1.165) is 0 Å². The Balaban J connectivity index is 2.91. The fourth-order valence-corrected chi connectivity index (χ4v) is 1.70. The topological polar surface area (TPSA) is 76.2 Å². The number of pyridine rings is 1. The van der Waals surface area contributed by atoms with Crippen molar-refractivity contribution < 1.29 is 9.90 Å². The van der Waals surface area contributed by atoms with E-state index in [1.807, 2.05) is 0 Å². The Hall–Kier alpha value is -1.81. The largest absolute Gasteiger partial charge is 0.478 e. The van der Waals surface area contributed by atoms with Gasteiger partial charge in [0.05, 0.1) is 10.6 Å². The summed E-state index contributed by atoms with van der Waals surface area (Å²) in [5.74, 6) is -1.05. The van der Waals surface area contributed by atoms with Crippen molar-refractivity contribution in [2.45, 2.75) is 0 Å². The molecule has 76 valence electrons. The van der Waals surface area contributed by atoms with Crippen LogP contribution in [0.4, 0.5) is 5.69 Å². The number of nitrogens with zero attached hydrogens (tertiary/aromatic N) is 1. The lowest BCUT2D eigenvalue weighted by Gasteiger charge is -2.04. The van der Waals surface area contributed by atoms with Gasteiger partial charge in [-0.3, -0.25) is 4.98 Å². The van der Waals surface area contributed by atoms with Crippen molar-refractivity contribution >= 4 is 34.0 Å². The summed E-state index contributed by atoms with van der Waals surface area (Å²) in [6.07, 6.45) is 2.80. The van der Waals surface area contributed by atoms with E-state index >= 15 is 0 Å². The Labute approximate surface area is 90.3 Å². The van der Waals surface area contributed by atoms with Crippen molar-refractivity contribution in [1.82, 2.24) is 4.98 Å². The summed E-state index contributed by atoms with van der Waals surface area (Å²) < 4.78 is 0. The van der Waals surface area contributed by atoms with Crippen LogP contribution in [0, 0.1) is 0 Å². The number of hydrogen-bond donors (Lipinski definition) is 2. The summed E-state index contributed by atoms with van der Waals surface area (Å²) in [6, 6.07) is 3.14.